The maximum Gasteiger partial charge on any atom is 0.105 e. The average Bonchev–Trinajstić information content (AvgIpc) is 2.67. The second kappa shape index (κ2) is 3.71. The van der Waals surface area contributed by atoms with E-state index < -0.39 is 0 Å². The molecule has 0 aliphatic carbocycles. The van der Waals surface area contributed by atoms with Crippen molar-refractivity contribution in [3.8, 4) is 0 Å². The van der Waals surface area contributed by atoms with Gasteiger partial charge >= 0.3 is 0 Å². The summed E-state index contributed by atoms with van der Waals surface area (Å²) in [4.78, 5) is 0. The second-order valence-electron chi connectivity index (χ2n) is 4.02. The highest BCUT2D eigenvalue weighted by molar-refractivity contribution is 5.28. The number of aryl methyl sites for hydroxylation is 1. The Kier molecular flexibility index (Phi) is 2.57. The van der Waals surface area contributed by atoms with Crippen molar-refractivity contribution < 1.29 is 4.74 Å². The molecule has 0 radical (unpaired) electrons. The van der Waals surface area contributed by atoms with E-state index in [1.54, 1.807) is 0 Å². The average molecular weight is 191 g/mol. The SMILES string of the molecule is Cc1cccc(C2(CN)CCCO2)c1. The third-order valence-electron chi connectivity index (χ3n) is 2.98. The molecule has 0 spiro atoms. The lowest BCUT2D eigenvalue weighted by Gasteiger charge is -2.27. The van der Waals surface area contributed by atoms with Crippen molar-refractivity contribution in [1.29, 1.82) is 0 Å². The summed E-state index contributed by atoms with van der Waals surface area (Å²) in [6.07, 6.45) is 2.16. The Labute approximate surface area is 85.1 Å². The predicted molar refractivity (Wildman–Crippen MR) is 57.1 cm³/mol. The number of ether oxygens (including phenoxy) is 1. The van der Waals surface area contributed by atoms with Crippen LogP contribution in [-0.2, 0) is 10.3 Å². The molecule has 1 aliphatic rings. The lowest BCUT2D eigenvalue weighted by molar-refractivity contribution is 0.00796. The minimum absolute atomic E-state index is 0.202. The van der Waals surface area contributed by atoms with Gasteiger partial charge in [0.05, 0.1) is 0 Å². The Balaban J connectivity index is 2.35. The lowest BCUT2D eigenvalue weighted by Crippen LogP contribution is -2.34. The summed E-state index contributed by atoms with van der Waals surface area (Å²) >= 11 is 0. The smallest absolute Gasteiger partial charge is 0.105 e. The molecular formula is C12H17NO. The standard InChI is InChI=1S/C12H17NO/c1-10-4-2-5-11(8-10)12(9-13)6-3-7-14-12/h2,4-5,8H,3,6-7,9,13H2,1H3. The van der Waals surface area contributed by atoms with Gasteiger partial charge in [-0.2, -0.15) is 0 Å². The summed E-state index contributed by atoms with van der Waals surface area (Å²) in [7, 11) is 0. The highest BCUT2D eigenvalue weighted by Gasteiger charge is 2.35. The maximum absolute atomic E-state index is 5.83. The van der Waals surface area contributed by atoms with Crippen LogP contribution in [0.15, 0.2) is 24.3 Å². The van der Waals surface area contributed by atoms with Crippen LogP contribution in [-0.4, -0.2) is 13.2 Å². The highest BCUT2D eigenvalue weighted by Crippen LogP contribution is 2.35. The molecule has 14 heavy (non-hydrogen) atoms. The molecule has 2 N–H and O–H groups in total. The van der Waals surface area contributed by atoms with E-state index in [0.29, 0.717) is 6.54 Å². The largest absolute Gasteiger partial charge is 0.369 e. The fourth-order valence-electron chi connectivity index (χ4n) is 2.13. The first kappa shape index (κ1) is 9.69. The molecule has 1 aromatic rings. The molecular weight excluding hydrogens is 174 g/mol. The van der Waals surface area contributed by atoms with Crippen molar-refractivity contribution in [2.45, 2.75) is 25.4 Å². The van der Waals surface area contributed by atoms with Crippen molar-refractivity contribution in [1.82, 2.24) is 0 Å². The molecule has 2 rings (SSSR count). The highest BCUT2D eigenvalue weighted by atomic mass is 16.5. The maximum atomic E-state index is 5.83. The molecule has 1 fully saturated rings. The first-order valence-electron chi connectivity index (χ1n) is 5.18. The van der Waals surface area contributed by atoms with Gasteiger partial charge in [0, 0.05) is 13.2 Å². The van der Waals surface area contributed by atoms with Crippen molar-refractivity contribution in [2.75, 3.05) is 13.2 Å². The molecule has 1 atom stereocenters. The van der Waals surface area contributed by atoms with Crippen LogP contribution in [0.5, 0.6) is 0 Å². The van der Waals surface area contributed by atoms with Gasteiger partial charge in [-0.1, -0.05) is 29.8 Å². The normalized spacial score (nSPS) is 26.7. The van der Waals surface area contributed by atoms with E-state index in [1.807, 2.05) is 0 Å². The first-order valence-corrected chi connectivity index (χ1v) is 5.18. The zero-order chi connectivity index (χ0) is 10.0. The first-order chi connectivity index (χ1) is 6.77. The Morgan fingerprint density at radius 3 is 2.93 bits per heavy atom. The minimum Gasteiger partial charge on any atom is -0.369 e. The predicted octanol–water partition coefficient (Wildman–Crippen LogP) is 1.96. The Hall–Kier alpha value is -0.860. The monoisotopic (exact) mass is 191 g/mol. The molecule has 0 aromatic heterocycles. The van der Waals surface area contributed by atoms with Crippen LogP contribution in [0.2, 0.25) is 0 Å². The van der Waals surface area contributed by atoms with E-state index in [4.69, 9.17) is 10.5 Å². The van der Waals surface area contributed by atoms with Gasteiger partial charge in [-0.05, 0) is 25.3 Å². The van der Waals surface area contributed by atoms with Gasteiger partial charge in [0.1, 0.15) is 5.60 Å². The van der Waals surface area contributed by atoms with Crippen LogP contribution in [0.4, 0.5) is 0 Å². The third kappa shape index (κ3) is 1.56. The van der Waals surface area contributed by atoms with Gasteiger partial charge in [0.2, 0.25) is 0 Å². The Bertz CT molecular complexity index is 316. The number of nitrogens with two attached hydrogens (primary N) is 1. The van der Waals surface area contributed by atoms with Crippen LogP contribution in [0.3, 0.4) is 0 Å². The van der Waals surface area contributed by atoms with E-state index in [9.17, 15) is 0 Å². The van der Waals surface area contributed by atoms with Crippen molar-refractivity contribution in [3.63, 3.8) is 0 Å². The van der Waals surface area contributed by atoms with E-state index >= 15 is 0 Å². The zero-order valence-corrected chi connectivity index (χ0v) is 8.62. The quantitative estimate of drug-likeness (QED) is 0.775. The van der Waals surface area contributed by atoms with Gasteiger partial charge in [-0.25, -0.2) is 0 Å². The van der Waals surface area contributed by atoms with Crippen LogP contribution in [0.1, 0.15) is 24.0 Å². The Morgan fingerprint density at radius 1 is 1.50 bits per heavy atom. The van der Waals surface area contributed by atoms with E-state index in [2.05, 4.69) is 31.2 Å². The summed E-state index contributed by atoms with van der Waals surface area (Å²) < 4.78 is 5.81. The fourth-order valence-corrected chi connectivity index (χ4v) is 2.13. The summed E-state index contributed by atoms with van der Waals surface area (Å²) in [6.45, 7) is 3.52. The zero-order valence-electron chi connectivity index (χ0n) is 8.62. The molecule has 1 unspecified atom stereocenters. The van der Waals surface area contributed by atoms with E-state index in [-0.39, 0.29) is 5.60 Å². The molecule has 0 bridgehead atoms. The van der Waals surface area contributed by atoms with Crippen molar-refractivity contribution in [3.05, 3.63) is 35.4 Å². The fraction of sp³-hybridized carbons (Fsp3) is 0.500. The summed E-state index contributed by atoms with van der Waals surface area (Å²) in [6, 6.07) is 8.47. The minimum atomic E-state index is -0.202. The molecule has 1 aromatic carbocycles. The van der Waals surface area contributed by atoms with Gasteiger partial charge in [0.25, 0.3) is 0 Å². The van der Waals surface area contributed by atoms with Crippen molar-refractivity contribution >= 4 is 0 Å². The molecule has 1 aliphatic heterocycles. The number of rotatable bonds is 2. The van der Waals surface area contributed by atoms with Gasteiger partial charge in [-0.3, -0.25) is 0 Å². The van der Waals surface area contributed by atoms with Crippen LogP contribution >= 0.6 is 0 Å². The molecule has 0 amide bonds. The summed E-state index contributed by atoms with van der Waals surface area (Å²) in [5, 5.41) is 0. The third-order valence-corrected chi connectivity index (χ3v) is 2.98. The van der Waals surface area contributed by atoms with Crippen LogP contribution in [0, 0.1) is 6.92 Å². The number of benzene rings is 1. The molecule has 76 valence electrons. The van der Waals surface area contributed by atoms with Crippen molar-refractivity contribution in [2.24, 2.45) is 5.73 Å². The van der Waals surface area contributed by atoms with Crippen LogP contribution < -0.4 is 5.73 Å². The van der Waals surface area contributed by atoms with Gasteiger partial charge in [-0.15, -0.1) is 0 Å². The molecule has 2 nitrogen and oxygen atoms in total. The van der Waals surface area contributed by atoms with E-state index in [1.165, 1.54) is 11.1 Å². The summed E-state index contributed by atoms with van der Waals surface area (Å²) in [5.74, 6) is 0. The number of hydrogen-bond acceptors (Lipinski definition) is 2. The molecule has 1 heterocycles. The van der Waals surface area contributed by atoms with E-state index in [0.717, 1.165) is 19.4 Å². The number of hydrogen-bond donors (Lipinski definition) is 1. The summed E-state index contributed by atoms with van der Waals surface area (Å²) in [5.41, 5.74) is 8.13. The van der Waals surface area contributed by atoms with Gasteiger partial charge in [0.15, 0.2) is 0 Å². The Morgan fingerprint density at radius 2 is 2.36 bits per heavy atom. The molecule has 1 saturated heterocycles. The molecule has 0 saturated carbocycles. The van der Waals surface area contributed by atoms with Gasteiger partial charge < -0.3 is 10.5 Å². The topological polar surface area (TPSA) is 35.2 Å². The van der Waals surface area contributed by atoms with Crippen LogP contribution in [0.25, 0.3) is 0 Å². The lowest BCUT2D eigenvalue weighted by atomic mass is 9.90. The molecule has 2 heteroatoms. The second-order valence-corrected chi connectivity index (χ2v) is 4.02.